The minimum Gasteiger partial charge on any atom is -0.392 e. The van der Waals surface area contributed by atoms with Gasteiger partial charge in [-0.3, -0.25) is 4.99 Å². The number of benzene rings is 1. The Hall–Kier alpha value is -2.82. The standard InChI is InChI=1S/C25H25ClF3N7O3S2/c26-18-10-14(27)3-4-17(18)22-21(19-5-8-36(32-19)25(28)29)20-11-15(12-35(20)23(31-22)24-30-6-9-40-24)33-41(38,39)34-7-1-2-16(37)13-34/h3-6,8-10,15-16,22,25,33,37H,1-2,7,11-13H2/t15-,16+,22-/m0/s1. The van der Waals surface area contributed by atoms with Crippen LogP contribution < -0.4 is 4.72 Å². The van der Waals surface area contributed by atoms with Gasteiger partial charge >= 0.3 is 6.55 Å². The van der Waals surface area contributed by atoms with Crippen LogP contribution >= 0.6 is 22.9 Å². The van der Waals surface area contributed by atoms with Crippen molar-refractivity contribution in [2.24, 2.45) is 4.99 Å². The molecule has 2 fully saturated rings. The topological polar surface area (TPSA) is 116 Å². The molecule has 3 aliphatic heterocycles. The van der Waals surface area contributed by atoms with Gasteiger partial charge in [-0.15, -0.1) is 11.3 Å². The van der Waals surface area contributed by atoms with Gasteiger partial charge in [0.25, 0.3) is 10.2 Å². The predicted octanol–water partition coefficient (Wildman–Crippen LogP) is 3.81. The SMILES string of the molecule is O=S(=O)(N[C@H]1CC2=C(c3ccn(C(F)F)n3)[C@H](c3ccc(F)cc3Cl)N=C(c3nccs3)N2C1)N1CCC[C@@H](O)C1. The molecule has 0 bridgehead atoms. The van der Waals surface area contributed by atoms with E-state index in [1.165, 1.54) is 33.8 Å². The van der Waals surface area contributed by atoms with Crippen LogP contribution in [0.15, 0.2) is 52.7 Å². The van der Waals surface area contributed by atoms with E-state index in [-0.39, 0.29) is 30.2 Å². The number of piperidine rings is 1. The van der Waals surface area contributed by atoms with Crippen molar-refractivity contribution in [3.63, 3.8) is 0 Å². The van der Waals surface area contributed by atoms with E-state index < -0.39 is 40.8 Å². The molecular weight excluding hydrogens is 603 g/mol. The van der Waals surface area contributed by atoms with E-state index in [2.05, 4.69) is 14.8 Å². The van der Waals surface area contributed by atoms with Crippen molar-refractivity contribution in [3.8, 4) is 0 Å². The van der Waals surface area contributed by atoms with Crippen molar-refractivity contribution < 1.29 is 26.7 Å². The molecule has 2 saturated heterocycles. The number of nitrogens with zero attached hydrogens (tertiary/aromatic N) is 6. The van der Waals surface area contributed by atoms with Crippen LogP contribution in [0.3, 0.4) is 0 Å². The van der Waals surface area contributed by atoms with Crippen molar-refractivity contribution in [2.75, 3.05) is 19.6 Å². The van der Waals surface area contributed by atoms with Gasteiger partial charge in [0.15, 0.2) is 10.8 Å². The van der Waals surface area contributed by atoms with Gasteiger partial charge in [0.05, 0.1) is 11.8 Å². The molecule has 3 aromatic rings. The second kappa shape index (κ2) is 11.1. The summed E-state index contributed by atoms with van der Waals surface area (Å²) >= 11 is 7.81. The summed E-state index contributed by atoms with van der Waals surface area (Å²) < 4.78 is 72.1. The van der Waals surface area contributed by atoms with Crippen molar-refractivity contribution >= 4 is 44.6 Å². The van der Waals surface area contributed by atoms with Gasteiger partial charge < -0.3 is 10.0 Å². The van der Waals surface area contributed by atoms with Crippen molar-refractivity contribution in [1.29, 1.82) is 0 Å². The molecule has 2 aromatic heterocycles. The fourth-order valence-corrected chi connectivity index (χ4v) is 7.83. The number of nitrogens with one attached hydrogen (secondary N) is 1. The molecule has 218 valence electrons. The molecule has 0 amide bonds. The Labute approximate surface area is 243 Å². The fourth-order valence-electron chi connectivity index (χ4n) is 5.46. The number of thiazole rings is 1. The summed E-state index contributed by atoms with van der Waals surface area (Å²) in [7, 11) is -3.94. The second-order valence-electron chi connectivity index (χ2n) is 9.97. The monoisotopic (exact) mass is 627 g/mol. The summed E-state index contributed by atoms with van der Waals surface area (Å²) in [6, 6.07) is 3.84. The lowest BCUT2D eigenvalue weighted by atomic mass is 9.92. The number of halogens is 4. The van der Waals surface area contributed by atoms with Crippen molar-refractivity contribution in [1.82, 2.24) is 28.7 Å². The Balaban J connectivity index is 1.45. The number of aromatic nitrogens is 3. The summed E-state index contributed by atoms with van der Waals surface area (Å²) in [6.45, 7) is -2.40. The van der Waals surface area contributed by atoms with Crippen LogP contribution in [0.1, 0.15) is 48.1 Å². The first-order chi connectivity index (χ1) is 19.6. The highest BCUT2D eigenvalue weighted by molar-refractivity contribution is 7.87. The molecule has 16 heteroatoms. The zero-order valence-corrected chi connectivity index (χ0v) is 23.8. The van der Waals surface area contributed by atoms with E-state index >= 15 is 0 Å². The molecule has 1 aromatic carbocycles. The van der Waals surface area contributed by atoms with E-state index in [9.17, 15) is 26.7 Å². The van der Waals surface area contributed by atoms with E-state index in [4.69, 9.17) is 16.6 Å². The molecule has 2 N–H and O–H groups in total. The van der Waals surface area contributed by atoms with Gasteiger partial charge in [0.2, 0.25) is 0 Å². The van der Waals surface area contributed by atoms with Crippen molar-refractivity contribution in [3.05, 3.63) is 74.8 Å². The third-order valence-corrected chi connectivity index (χ3v) is 9.98. The van der Waals surface area contributed by atoms with Crippen LogP contribution in [-0.4, -0.2) is 75.1 Å². The smallest absolute Gasteiger partial charge is 0.333 e. The summed E-state index contributed by atoms with van der Waals surface area (Å²) in [4.78, 5) is 11.2. The zero-order valence-electron chi connectivity index (χ0n) is 21.4. The first-order valence-electron chi connectivity index (χ1n) is 12.8. The largest absolute Gasteiger partial charge is 0.392 e. The highest BCUT2D eigenvalue weighted by atomic mass is 35.5. The number of fused-ring (bicyclic) bond motifs is 1. The average molecular weight is 628 g/mol. The second-order valence-corrected chi connectivity index (χ2v) is 13.0. The Morgan fingerprint density at radius 1 is 1.22 bits per heavy atom. The lowest BCUT2D eigenvalue weighted by Gasteiger charge is -2.32. The van der Waals surface area contributed by atoms with Gasteiger partial charge in [0, 0.05) is 71.7 Å². The minimum atomic E-state index is -3.94. The molecule has 0 unspecified atom stereocenters. The Kier molecular flexibility index (Phi) is 7.67. The molecule has 3 atom stereocenters. The summed E-state index contributed by atoms with van der Waals surface area (Å²) in [5.74, 6) is -0.0952. The molecule has 0 aliphatic carbocycles. The van der Waals surface area contributed by atoms with Crippen LogP contribution in [0.25, 0.3) is 5.57 Å². The van der Waals surface area contributed by atoms with E-state index in [0.29, 0.717) is 51.7 Å². The number of β-amino-alcohol motifs (C(OH)–C–C–N with tert-alkyl or cyclic N) is 1. The number of hydrogen-bond donors (Lipinski definition) is 2. The number of amidine groups is 1. The van der Waals surface area contributed by atoms with Crippen LogP contribution in [0.2, 0.25) is 5.02 Å². The average Bonchev–Trinajstić information content (AvgIpc) is 3.69. The van der Waals surface area contributed by atoms with Crippen LogP contribution in [0.5, 0.6) is 0 Å². The van der Waals surface area contributed by atoms with E-state index in [1.54, 1.807) is 11.6 Å². The number of aliphatic imine (C=N–C) groups is 1. The molecule has 41 heavy (non-hydrogen) atoms. The molecule has 6 rings (SSSR count). The van der Waals surface area contributed by atoms with Crippen LogP contribution in [0, 0.1) is 5.82 Å². The summed E-state index contributed by atoms with van der Waals surface area (Å²) in [5.41, 5.74) is 1.71. The third kappa shape index (κ3) is 5.53. The van der Waals surface area contributed by atoms with Gasteiger partial charge in [-0.2, -0.15) is 31.3 Å². The number of aliphatic hydroxyl groups is 1. The minimum absolute atomic E-state index is 0.00173. The molecule has 10 nitrogen and oxygen atoms in total. The van der Waals surface area contributed by atoms with E-state index in [0.717, 1.165) is 12.3 Å². The molecule has 0 saturated carbocycles. The first kappa shape index (κ1) is 28.3. The number of rotatable bonds is 7. The van der Waals surface area contributed by atoms with Gasteiger partial charge in [0.1, 0.15) is 11.9 Å². The maximum absolute atomic E-state index is 14.0. The highest BCUT2D eigenvalue weighted by Crippen LogP contribution is 2.46. The Bertz CT molecular complexity index is 1610. The maximum Gasteiger partial charge on any atom is 0.333 e. The van der Waals surface area contributed by atoms with Crippen LogP contribution in [-0.2, 0) is 10.2 Å². The predicted molar refractivity (Wildman–Crippen MR) is 147 cm³/mol. The molecule has 5 heterocycles. The van der Waals surface area contributed by atoms with Gasteiger partial charge in [-0.1, -0.05) is 17.7 Å². The Morgan fingerprint density at radius 2 is 2.05 bits per heavy atom. The first-order valence-corrected chi connectivity index (χ1v) is 15.5. The fraction of sp³-hybridized carbons (Fsp3) is 0.400. The normalized spacial score (nSPS) is 23.8. The Morgan fingerprint density at radius 3 is 2.73 bits per heavy atom. The summed E-state index contributed by atoms with van der Waals surface area (Å²) in [6.07, 6.45) is 3.29. The molecule has 0 spiro atoms. The molecule has 0 radical (unpaired) electrons. The van der Waals surface area contributed by atoms with Gasteiger partial charge in [-0.25, -0.2) is 14.1 Å². The number of aliphatic hydroxyl groups excluding tert-OH is 1. The molecular formula is C25H25ClF3N7O3S2. The summed E-state index contributed by atoms with van der Waals surface area (Å²) in [5, 5.41) is 16.5. The zero-order chi connectivity index (χ0) is 28.9. The maximum atomic E-state index is 14.0. The lowest BCUT2D eigenvalue weighted by Crippen LogP contribution is -2.50. The third-order valence-electron chi connectivity index (χ3n) is 7.24. The number of hydrogen-bond acceptors (Lipinski definition) is 8. The quantitative estimate of drug-likeness (QED) is 0.412. The highest BCUT2D eigenvalue weighted by Gasteiger charge is 2.42. The molecule has 3 aliphatic rings. The lowest BCUT2D eigenvalue weighted by molar-refractivity contribution is 0.0564. The van der Waals surface area contributed by atoms with Gasteiger partial charge in [-0.05, 0) is 31.0 Å². The van der Waals surface area contributed by atoms with Crippen LogP contribution in [0.4, 0.5) is 13.2 Å². The van der Waals surface area contributed by atoms with E-state index in [1.807, 2.05) is 4.90 Å². The number of alkyl halides is 2. The van der Waals surface area contributed by atoms with Crippen molar-refractivity contribution in [2.45, 2.75) is 44.0 Å².